The number of halogens is 1. The highest BCUT2D eigenvalue weighted by molar-refractivity contribution is 6.03. The van der Waals surface area contributed by atoms with Gasteiger partial charge in [0.1, 0.15) is 5.82 Å². The lowest BCUT2D eigenvalue weighted by atomic mass is 10.00. The summed E-state index contributed by atoms with van der Waals surface area (Å²) in [5, 5.41) is 6.50. The van der Waals surface area contributed by atoms with Gasteiger partial charge in [-0.1, -0.05) is 12.8 Å². The van der Waals surface area contributed by atoms with Crippen LogP contribution in [0.3, 0.4) is 0 Å². The van der Waals surface area contributed by atoms with Gasteiger partial charge in [-0.2, -0.15) is 0 Å². The third-order valence-electron chi connectivity index (χ3n) is 5.01. The highest BCUT2D eigenvalue weighted by Gasteiger charge is 2.33. The summed E-state index contributed by atoms with van der Waals surface area (Å²) in [5.74, 6) is -0.755. The number of nitrogens with two attached hydrogens (primary N) is 1. The summed E-state index contributed by atoms with van der Waals surface area (Å²) in [7, 11) is 0. The molecule has 1 aliphatic carbocycles. The fourth-order valence-corrected chi connectivity index (χ4v) is 3.88. The minimum Gasteiger partial charge on any atom is -0.397 e. The van der Waals surface area contributed by atoms with E-state index in [1.807, 2.05) is 0 Å². The Bertz CT molecular complexity index is 613. The van der Waals surface area contributed by atoms with E-state index in [1.165, 1.54) is 25.0 Å². The average Bonchev–Trinajstić information content (AvgIpc) is 2.82. The number of hydrogen-bond acceptors (Lipinski definition) is 4. The van der Waals surface area contributed by atoms with Gasteiger partial charge in [0.05, 0.1) is 23.1 Å². The zero-order chi connectivity index (χ0) is 16.6. The number of amides is 1. The van der Waals surface area contributed by atoms with Gasteiger partial charge in [0.2, 0.25) is 0 Å². The van der Waals surface area contributed by atoms with E-state index in [1.54, 1.807) is 0 Å². The van der Waals surface area contributed by atoms with Crippen LogP contribution in [0.2, 0.25) is 0 Å². The van der Waals surface area contributed by atoms with Gasteiger partial charge in [-0.25, -0.2) is 4.39 Å². The van der Waals surface area contributed by atoms with Crippen molar-refractivity contribution in [2.75, 3.05) is 23.7 Å². The van der Waals surface area contributed by atoms with Crippen molar-refractivity contribution in [3.63, 3.8) is 0 Å². The van der Waals surface area contributed by atoms with Crippen molar-refractivity contribution in [2.45, 2.75) is 51.2 Å². The molecule has 1 unspecified atom stereocenters. The summed E-state index contributed by atoms with van der Waals surface area (Å²) in [5.41, 5.74) is 7.41. The van der Waals surface area contributed by atoms with Crippen molar-refractivity contribution in [2.24, 2.45) is 0 Å². The maximum absolute atomic E-state index is 13.7. The van der Waals surface area contributed by atoms with Gasteiger partial charge in [-0.05, 0) is 38.8 Å². The molecular formula is C17H25FN4O. The van der Waals surface area contributed by atoms with Crippen LogP contribution in [0.25, 0.3) is 0 Å². The van der Waals surface area contributed by atoms with Crippen molar-refractivity contribution in [3.8, 4) is 0 Å². The van der Waals surface area contributed by atoms with Gasteiger partial charge in [0, 0.05) is 18.6 Å². The lowest BCUT2D eigenvalue weighted by molar-refractivity contribution is 0.0957. The minimum atomic E-state index is -0.485. The number of benzene rings is 1. The van der Waals surface area contributed by atoms with Crippen LogP contribution in [0.1, 0.15) is 49.9 Å². The molecule has 1 aliphatic heterocycles. The fraction of sp³-hybridized carbons (Fsp3) is 0.588. The highest BCUT2D eigenvalue weighted by atomic mass is 19.1. The smallest absolute Gasteiger partial charge is 0.253 e. The van der Waals surface area contributed by atoms with E-state index in [9.17, 15) is 9.18 Å². The van der Waals surface area contributed by atoms with E-state index >= 15 is 0 Å². The molecule has 2 aliphatic rings. The molecule has 0 saturated heterocycles. The summed E-state index contributed by atoms with van der Waals surface area (Å²) < 4.78 is 13.7. The van der Waals surface area contributed by atoms with E-state index in [0.29, 0.717) is 30.0 Å². The standard InChI is InChI=1S/C17H25FN4O/c1-11(21-17(2)5-3-4-6-17)22-8-7-20-16(23)13-9-12(18)10-14(19)15(13)22/h9-11,21H,3-8,19H2,1-2H3,(H,20,23). The number of nitrogen functional groups attached to an aromatic ring is 1. The summed E-state index contributed by atoms with van der Waals surface area (Å²) >= 11 is 0. The maximum Gasteiger partial charge on any atom is 0.253 e. The first-order valence-electron chi connectivity index (χ1n) is 8.31. The molecule has 5 nitrogen and oxygen atoms in total. The van der Waals surface area contributed by atoms with Crippen molar-refractivity contribution >= 4 is 17.3 Å². The molecule has 0 radical (unpaired) electrons. The number of carbonyl (C=O) groups is 1. The molecule has 0 bridgehead atoms. The SMILES string of the molecule is CC(NC1(C)CCCC1)N1CCNC(=O)c2cc(F)cc(N)c21. The van der Waals surface area contributed by atoms with Crippen molar-refractivity contribution in [1.29, 1.82) is 0 Å². The van der Waals surface area contributed by atoms with E-state index in [4.69, 9.17) is 5.73 Å². The predicted octanol–water partition coefficient (Wildman–Crippen LogP) is 2.23. The number of nitrogens with one attached hydrogen (secondary N) is 2. The largest absolute Gasteiger partial charge is 0.397 e. The molecule has 1 heterocycles. The monoisotopic (exact) mass is 320 g/mol. The molecule has 6 heteroatoms. The van der Waals surface area contributed by atoms with E-state index in [-0.39, 0.29) is 17.6 Å². The summed E-state index contributed by atoms with van der Waals surface area (Å²) in [6.07, 6.45) is 4.78. The second-order valence-corrected chi connectivity index (χ2v) is 6.93. The van der Waals surface area contributed by atoms with Crippen LogP contribution in [0.15, 0.2) is 12.1 Å². The first-order valence-corrected chi connectivity index (χ1v) is 8.31. The summed E-state index contributed by atoms with van der Waals surface area (Å²) in [6.45, 7) is 5.47. The van der Waals surface area contributed by atoms with Gasteiger partial charge < -0.3 is 16.0 Å². The maximum atomic E-state index is 13.7. The highest BCUT2D eigenvalue weighted by Crippen LogP contribution is 2.34. The topological polar surface area (TPSA) is 70.4 Å². The quantitative estimate of drug-likeness (QED) is 0.747. The molecule has 1 atom stereocenters. The lowest BCUT2D eigenvalue weighted by Crippen LogP contribution is -2.54. The van der Waals surface area contributed by atoms with Crippen LogP contribution in [-0.4, -0.2) is 30.7 Å². The molecule has 1 amide bonds. The Labute approximate surface area is 136 Å². The van der Waals surface area contributed by atoms with Crippen LogP contribution >= 0.6 is 0 Å². The van der Waals surface area contributed by atoms with E-state index < -0.39 is 5.82 Å². The van der Waals surface area contributed by atoms with Crippen LogP contribution in [0.5, 0.6) is 0 Å². The van der Waals surface area contributed by atoms with Crippen LogP contribution in [0.4, 0.5) is 15.8 Å². The Hall–Kier alpha value is -1.82. The van der Waals surface area contributed by atoms with Gasteiger partial charge in [0.25, 0.3) is 5.91 Å². The van der Waals surface area contributed by atoms with Crippen LogP contribution < -0.4 is 21.3 Å². The normalized spacial score (nSPS) is 21.5. The van der Waals surface area contributed by atoms with Crippen molar-refractivity contribution in [3.05, 3.63) is 23.5 Å². The van der Waals surface area contributed by atoms with Gasteiger partial charge in [-0.3, -0.25) is 10.1 Å². The molecule has 1 aromatic carbocycles. The third-order valence-corrected chi connectivity index (χ3v) is 5.01. The van der Waals surface area contributed by atoms with Crippen LogP contribution in [0, 0.1) is 5.82 Å². The van der Waals surface area contributed by atoms with Crippen molar-refractivity contribution in [1.82, 2.24) is 10.6 Å². The lowest BCUT2D eigenvalue weighted by Gasteiger charge is -2.38. The predicted molar refractivity (Wildman–Crippen MR) is 90.0 cm³/mol. The number of fused-ring (bicyclic) bond motifs is 1. The Kier molecular flexibility index (Phi) is 4.19. The third kappa shape index (κ3) is 3.13. The number of nitrogens with zero attached hydrogens (tertiary/aromatic N) is 1. The Morgan fingerprint density at radius 2 is 2.09 bits per heavy atom. The molecule has 1 aromatic rings. The first-order chi connectivity index (χ1) is 10.9. The van der Waals surface area contributed by atoms with Crippen LogP contribution in [-0.2, 0) is 0 Å². The number of anilines is 2. The molecule has 23 heavy (non-hydrogen) atoms. The zero-order valence-corrected chi connectivity index (χ0v) is 13.8. The molecule has 4 N–H and O–H groups in total. The van der Waals surface area contributed by atoms with Gasteiger partial charge in [-0.15, -0.1) is 0 Å². The Balaban J connectivity index is 1.93. The van der Waals surface area contributed by atoms with Gasteiger partial charge >= 0.3 is 0 Å². The second-order valence-electron chi connectivity index (χ2n) is 6.93. The zero-order valence-electron chi connectivity index (χ0n) is 13.8. The molecule has 1 saturated carbocycles. The first kappa shape index (κ1) is 16.1. The second kappa shape index (κ2) is 6.00. The number of carbonyl (C=O) groups excluding carboxylic acids is 1. The number of hydrogen-bond donors (Lipinski definition) is 3. The summed E-state index contributed by atoms with van der Waals surface area (Å²) in [6, 6.07) is 2.55. The Morgan fingerprint density at radius 1 is 1.39 bits per heavy atom. The minimum absolute atomic E-state index is 0.0114. The van der Waals surface area contributed by atoms with E-state index in [2.05, 4.69) is 29.4 Å². The van der Waals surface area contributed by atoms with E-state index in [0.717, 1.165) is 12.8 Å². The molecule has 126 valence electrons. The molecule has 1 fully saturated rings. The number of rotatable bonds is 3. The molecule has 0 spiro atoms. The molecule has 0 aromatic heterocycles. The molecular weight excluding hydrogens is 295 g/mol. The molecule has 3 rings (SSSR count). The van der Waals surface area contributed by atoms with Gasteiger partial charge in [0.15, 0.2) is 0 Å². The Morgan fingerprint density at radius 3 is 2.78 bits per heavy atom. The van der Waals surface area contributed by atoms with Crippen molar-refractivity contribution < 1.29 is 9.18 Å². The fourth-order valence-electron chi connectivity index (χ4n) is 3.88. The average molecular weight is 320 g/mol. The summed E-state index contributed by atoms with van der Waals surface area (Å²) in [4.78, 5) is 14.3.